The second-order valence-electron chi connectivity index (χ2n) is 24.6. The van der Waals surface area contributed by atoms with Crippen LogP contribution >= 0.6 is 11.8 Å². The van der Waals surface area contributed by atoms with Crippen LogP contribution in [0.2, 0.25) is 0 Å². The first kappa shape index (κ1) is 89.8. The highest BCUT2D eigenvalue weighted by atomic mass is 32.2. The normalized spacial score (nSPS) is 14.1. The molecule has 0 aliphatic rings. The number of aliphatic carboxylic acids is 4. The van der Waals surface area contributed by atoms with Gasteiger partial charge in [-0.25, -0.2) is 9.78 Å². The van der Waals surface area contributed by atoms with E-state index in [1.54, 1.807) is 20.1 Å². The smallest absolute Gasteiger partial charge is 0.326 e. The van der Waals surface area contributed by atoms with E-state index in [-0.39, 0.29) is 61.6 Å². The fourth-order valence-electron chi connectivity index (χ4n) is 9.61. The summed E-state index contributed by atoms with van der Waals surface area (Å²) in [7, 11) is 0. The second-order valence-corrected chi connectivity index (χ2v) is 25.6. The molecule has 0 fully saturated rings. The molecule has 27 N–H and O–H groups in total. The quantitative estimate of drug-likeness (QED) is 0.0166. The zero-order chi connectivity index (χ0) is 79.2. The molecule has 0 aliphatic heterocycles. The topological polar surface area (TPSA) is 699 Å². The van der Waals surface area contributed by atoms with Crippen LogP contribution < -0.4 is 86.3 Å². The van der Waals surface area contributed by atoms with Crippen molar-refractivity contribution in [2.45, 2.75) is 171 Å². The van der Waals surface area contributed by atoms with Crippen LogP contribution in [0, 0.1) is 17.2 Å². The van der Waals surface area contributed by atoms with Gasteiger partial charge >= 0.3 is 23.9 Å². The van der Waals surface area contributed by atoms with Crippen LogP contribution in [0.4, 0.5) is 0 Å². The molecule has 42 nitrogen and oxygen atoms in total. The maximum absolute atomic E-state index is 14.4. The molecule has 0 radical (unpaired) electrons. The van der Waals surface area contributed by atoms with E-state index in [0.29, 0.717) is 5.75 Å². The standard InChI is InChI=1S/C62H95N19O23S/c1-29(2)19-39(77-56(98)37(13-15-47(87)88)74-51(93)34(63)22-48(89)90)52(94)69-26-46(86)73-41(21-32-24-67-28-71-32)57(99)75-35(7-6-17-68-62(65)66)54(96)79-42(23-49(91)92)58(100)78-40(20-31-8-10-33(83)11-9-31)59(101)81-50(30(3)4)60(102)80-43(27-82)53(95)70-25-45(85)72-36(12-14-44(64)84)55(97)76-38(61(103)104)16-18-105-5/h8-11,24,28-30,34-43,50,82-83H,6-7,12-23,25-27,63H2,1-5H3,(H2,64,84)(H,67,71)(H,69,94)(H,70,95)(H,72,85)(H,73,86)(H,74,93)(H,75,99)(H,76,97)(H,77,98)(H,78,100)(H,79,96)(H,80,102)(H,81,101)(H,87,88)(H,89,90)(H,91,92)(H,103,104)(H4,65,66,68)/t34-,35-,36-,37-,38-,39-,40-,41-,42-,43-,50-/m0/s1. The molecular formula is C62H95N19O23S. The number of imidazole rings is 1. The van der Waals surface area contributed by atoms with Crippen molar-refractivity contribution < 1.29 is 112 Å². The zero-order valence-electron chi connectivity index (χ0n) is 58.2. The number of aromatic hydroxyl groups is 1. The third kappa shape index (κ3) is 35.5. The minimum absolute atomic E-state index is 0.00449. The molecule has 2 aromatic rings. The molecule has 43 heteroatoms. The monoisotopic (exact) mass is 1510 g/mol. The molecule has 0 unspecified atom stereocenters. The first-order valence-electron chi connectivity index (χ1n) is 32.8. The maximum atomic E-state index is 14.4. The van der Waals surface area contributed by atoms with Gasteiger partial charge < -0.3 is 122 Å². The van der Waals surface area contributed by atoms with Gasteiger partial charge in [0.05, 0.1) is 50.6 Å². The summed E-state index contributed by atoms with van der Waals surface area (Å²) in [5, 5.41) is 96.3. The summed E-state index contributed by atoms with van der Waals surface area (Å²) < 4.78 is 0. The van der Waals surface area contributed by atoms with Crippen molar-refractivity contribution in [1.82, 2.24) is 79.1 Å². The van der Waals surface area contributed by atoms with Crippen LogP contribution in [0.25, 0.3) is 0 Å². The highest BCUT2D eigenvalue weighted by Crippen LogP contribution is 2.15. The number of benzene rings is 1. The number of carboxylic acids is 4. The number of carbonyl (C=O) groups excluding carboxylic acids is 13. The lowest BCUT2D eigenvalue weighted by Crippen LogP contribution is -2.61. The lowest BCUT2D eigenvalue weighted by atomic mass is 10.00. The number of nitrogens with one attached hydrogen (secondary N) is 15. The predicted octanol–water partition coefficient (Wildman–Crippen LogP) is -7.82. The molecule has 0 spiro atoms. The highest BCUT2D eigenvalue weighted by molar-refractivity contribution is 7.98. The van der Waals surface area contributed by atoms with Crippen LogP contribution in [-0.2, 0) is 94.3 Å². The number of nitrogens with zero attached hydrogens (tertiary/aromatic N) is 1. The Labute approximate surface area is 605 Å². The first-order chi connectivity index (χ1) is 49.3. The van der Waals surface area contributed by atoms with Crippen molar-refractivity contribution in [3.05, 3.63) is 48.0 Å². The second kappa shape index (κ2) is 46.4. The summed E-state index contributed by atoms with van der Waals surface area (Å²) in [6.07, 6.45) is -1.11. The minimum atomic E-state index is -2.09. The molecule has 0 bridgehead atoms. The van der Waals surface area contributed by atoms with Gasteiger partial charge in [-0.2, -0.15) is 11.8 Å². The zero-order valence-corrected chi connectivity index (χ0v) is 59.0. The van der Waals surface area contributed by atoms with Crippen LogP contribution in [-0.4, -0.2) is 252 Å². The summed E-state index contributed by atoms with van der Waals surface area (Å²) >= 11 is 1.30. The molecule has 11 atom stereocenters. The van der Waals surface area contributed by atoms with Crippen LogP contribution in [0.15, 0.2) is 36.8 Å². The molecule has 1 heterocycles. The Morgan fingerprint density at radius 3 is 1.51 bits per heavy atom. The SMILES string of the molecule is CSCC[C@H](NC(=O)[C@H](CCC(N)=O)NC(=O)CNC(=O)[C@H](CO)NC(=O)[C@@H](NC(=O)[C@H](Cc1ccc(O)cc1)NC(=O)[C@H](CC(=O)O)NC(=O)[C@H](CCCNC(=N)N)NC(=O)[C@H](Cc1c[nH]cn1)NC(=O)CNC(=O)[C@H](CC(C)C)NC(=O)[C@H](CCC(=O)O)NC(=O)[C@@H](N)CC(=O)O)C(C)C)C(=O)O. The lowest BCUT2D eigenvalue weighted by molar-refractivity contribution is -0.142. The number of phenols is 1. The third-order valence-electron chi connectivity index (χ3n) is 15.1. The van der Waals surface area contributed by atoms with E-state index >= 15 is 0 Å². The summed E-state index contributed by atoms with van der Waals surface area (Å²) in [5.74, 6) is -21.6. The molecule has 1 aromatic carbocycles. The molecule has 582 valence electrons. The van der Waals surface area contributed by atoms with Gasteiger partial charge in [0.15, 0.2) is 5.96 Å². The number of guanidine groups is 1. The number of carboxylic acid groups (broad SMARTS) is 4. The Bertz CT molecular complexity index is 3360. The van der Waals surface area contributed by atoms with Crippen molar-refractivity contribution in [3.8, 4) is 5.75 Å². The Morgan fingerprint density at radius 2 is 1.00 bits per heavy atom. The minimum Gasteiger partial charge on any atom is -0.508 e. The third-order valence-corrected chi connectivity index (χ3v) is 15.7. The number of primary amides is 1. The number of nitrogens with two attached hydrogens (primary N) is 3. The Kier molecular flexibility index (Phi) is 39.7. The van der Waals surface area contributed by atoms with Crippen molar-refractivity contribution in [1.29, 1.82) is 5.41 Å². The molecule has 0 saturated heterocycles. The average molecular weight is 1510 g/mol. The number of H-pyrrole nitrogens is 1. The van der Waals surface area contributed by atoms with E-state index in [1.165, 1.54) is 62.4 Å². The molecular weight excluding hydrogens is 1410 g/mol. The number of aromatic amines is 1. The van der Waals surface area contributed by atoms with E-state index in [4.69, 9.17) is 27.7 Å². The van der Waals surface area contributed by atoms with E-state index < -0.39 is 244 Å². The summed E-state index contributed by atoms with van der Waals surface area (Å²) in [4.78, 5) is 230. The van der Waals surface area contributed by atoms with Crippen LogP contribution in [0.3, 0.4) is 0 Å². The van der Waals surface area contributed by atoms with E-state index in [9.17, 15) is 107 Å². The maximum Gasteiger partial charge on any atom is 0.326 e. The van der Waals surface area contributed by atoms with Gasteiger partial charge in [0.25, 0.3) is 0 Å². The largest absolute Gasteiger partial charge is 0.508 e. The Hall–Kier alpha value is -11.2. The lowest BCUT2D eigenvalue weighted by Gasteiger charge is -2.28. The average Bonchev–Trinajstić information content (AvgIpc) is 0.984. The van der Waals surface area contributed by atoms with Crippen molar-refractivity contribution >= 4 is 118 Å². The van der Waals surface area contributed by atoms with Crippen molar-refractivity contribution in [3.63, 3.8) is 0 Å². The Balaban J connectivity index is 2.46. The fourth-order valence-corrected chi connectivity index (χ4v) is 10.1. The first-order valence-corrected chi connectivity index (χ1v) is 34.2. The van der Waals surface area contributed by atoms with Gasteiger partial charge in [-0.1, -0.05) is 39.8 Å². The van der Waals surface area contributed by atoms with Gasteiger partial charge in [-0.3, -0.25) is 82.1 Å². The van der Waals surface area contributed by atoms with Gasteiger partial charge in [0.1, 0.15) is 66.2 Å². The van der Waals surface area contributed by atoms with E-state index in [2.05, 4.69) is 79.1 Å². The number of aromatic nitrogens is 2. The van der Waals surface area contributed by atoms with Crippen LogP contribution in [0.1, 0.15) is 103 Å². The number of thioether (sulfide) groups is 1. The number of aliphatic hydroxyl groups excluding tert-OH is 1. The van der Waals surface area contributed by atoms with Crippen LogP contribution in [0.5, 0.6) is 5.75 Å². The predicted molar refractivity (Wildman–Crippen MR) is 368 cm³/mol. The summed E-state index contributed by atoms with van der Waals surface area (Å²) in [5.41, 5.74) is 16.7. The van der Waals surface area contributed by atoms with E-state index in [1.807, 2.05) is 0 Å². The number of phenolic OH excluding ortho intramolecular Hbond substituents is 1. The number of rotatable bonds is 50. The number of carbonyl (C=O) groups is 17. The number of hydrogen-bond donors (Lipinski definition) is 24. The number of amides is 13. The molecule has 1 aromatic heterocycles. The summed E-state index contributed by atoms with van der Waals surface area (Å²) in [6, 6.07) is -13.2. The number of hydrogen-bond acceptors (Lipinski definition) is 23. The highest BCUT2D eigenvalue weighted by Gasteiger charge is 2.37. The van der Waals surface area contributed by atoms with Crippen molar-refractivity contribution in [2.24, 2.45) is 29.0 Å². The Morgan fingerprint density at radius 1 is 0.524 bits per heavy atom. The van der Waals surface area contributed by atoms with Gasteiger partial charge in [0.2, 0.25) is 76.8 Å². The van der Waals surface area contributed by atoms with Gasteiger partial charge in [-0.15, -0.1) is 0 Å². The molecule has 105 heavy (non-hydrogen) atoms. The molecule has 0 aliphatic carbocycles. The molecule has 0 saturated carbocycles. The molecule has 13 amide bonds. The van der Waals surface area contributed by atoms with Gasteiger partial charge in [0, 0.05) is 38.4 Å². The van der Waals surface area contributed by atoms with Gasteiger partial charge in [-0.05, 0) is 80.1 Å². The van der Waals surface area contributed by atoms with E-state index in [0.717, 1.165) is 0 Å². The number of aliphatic hydroxyl groups is 1. The fraction of sp³-hybridized carbons (Fsp3) is 0.565. The summed E-state index contributed by atoms with van der Waals surface area (Å²) in [6.45, 7) is 3.23. The van der Waals surface area contributed by atoms with Crippen molar-refractivity contribution in [2.75, 3.05) is 38.2 Å². The molecule has 2 rings (SSSR count).